The minimum Gasteiger partial charge on any atom is -0.365 e. The lowest BCUT2D eigenvalue weighted by molar-refractivity contribution is 0.412. The zero-order valence-electron chi connectivity index (χ0n) is 10.00. The maximum atomic E-state index is 4.98. The van der Waals surface area contributed by atoms with Gasteiger partial charge in [-0.3, -0.25) is 4.40 Å². The van der Waals surface area contributed by atoms with Crippen molar-refractivity contribution in [1.82, 2.24) is 19.5 Å². The summed E-state index contributed by atoms with van der Waals surface area (Å²) in [4.78, 5) is 8.29. The molecule has 92 valence electrons. The standard InChI is InChI=1S/C12H13N5O/c1-2-9-8-18-16-10(9)7-15-11-3-4-13-12-14-5-6-17(11)12/h3-6,8,15H,2,7H2,1H3. The van der Waals surface area contributed by atoms with Crippen molar-refractivity contribution in [3.05, 3.63) is 42.2 Å². The van der Waals surface area contributed by atoms with Crippen molar-refractivity contribution in [2.45, 2.75) is 19.9 Å². The highest BCUT2D eigenvalue weighted by Gasteiger charge is 2.07. The van der Waals surface area contributed by atoms with Crippen molar-refractivity contribution in [2.24, 2.45) is 0 Å². The summed E-state index contributed by atoms with van der Waals surface area (Å²) in [5, 5.41) is 7.30. The first-order valence-electron chi connectivity index (χ1n) is 5.82. The number of hydrogen-bond donors (Lipinski definition) is 1. The van der Waals surface area contributed by atoms with Crippen LogP contribution < -0.4 is 5.32 Å². The first kappa shape index (κ1) is 10.8. The summed E-state index contributed by atoms with van der Waals surface area (Å²) in [5.41, 5.74) is 2.06. The van der Waals surface area contributed by atoms with E-state index in [9.17, 15) is 0 Å². The molecule has 0 aliphatic heterocycles. The summed E-state index contributed by atoms with van der Waals surface area (Å²) >= 11 is 0. The van der Waals surface area contributed by atoms with E-state index in [4.69, 9.17) is 4.52 Å². The predicted octanol–water partition coefficient (Wildman–Crippen LogP) is 1.89. The highest BCUT2D eigenvalue weighted by atomic mass is 16.5. The second kappa shape index (κ2) is 4.48. The molecule has 0 bridgehead atoms. The first-order chi connectivity index (χ1) is 8.88. The quantitative estimate of drug-likeness (QED) is 0.757. The van der Waals surface area contributed by atoms with Crippen LogP contribution in [0, 0.1) is 0 Å². The van der Waals surface area contributed by atoms with Gasteiger partial charge in [-0.25, -0.2) is 9.97 Å². The fourth-order valence-electron chi connectivity index (χ4n) is 1.87. The molecule has 6 heteroatoms. The van der Waals surface area contributed by atoms with Crippen LogP contribution in [-0.4, -0.2) is 19.5 Å². The highest BCUT2D eigenvalue weighted by Crippen LogP contribution is 2.12. The minimum absolute atomic E-state index is 0.622. The van der Waals surface area contributed by atoms with E-state index in [0.717, 1.165) is 23.5 Å². The third-order valence-electron chi connectivity index (χ3n) is 2.85. The predicted molar refractivity (Wildman–Crippen MR) is 66.2 cm³/mol. The number of rotatable bonds is 4. The Morgan fingerprint density at radius 1 is 1.33 bits per heavy atom. The summed E-state index contributed by atoms with van der Waals surface area (Å²) in [7, 11) is 0. The minimum atomic E-state index is 0.622. The fraction of sp³-hybridized carbons (Fsp3) is 0.250. The van der Waals surface area contributed by atoms with Crippen LogP contribution in [0.1, 0.15) is 18.2 Å². The van der Waals surface area contributed by atoms with Gasteiger partial charge in [-0.15, -0.1) is 0 Å². The Morgan fingerprint density at radius 3 is 3.11 bits per heavy atom. The van der Waals surface area contributed by atoms with E-state index in [1.165, 1.54) is 0 Å². The SMILES string of the molecule is CCc1conc1CNc1ccnc2nccn12. The number of hydrogen-bond acceptors (Lipinski definition) is 5. The number of imidazole rings is 1. The Kier molecular flexibility index (Phi) is 2.68. The van der Waals surface area contributed by atoms with Gasteiger partial charge in [-0.2, -0.15) is 0 Å². The molecular formula is C12H13N5O. The molecule has 3 heterocycles. The topological polar surface area (TPSA) is 68.2 Å². The molecule has 0 aromatic carbocycles. The molecule has 0 atom stereocenters. The van der Waals surface area contributed by atoms with Crippen molar-refractivity contribution < 1.29 is 4.52 Å². The van der Waals surface area contributed by atoms with E-state index in [1.54, 1.807) is 18.7 Å². The zero-order valence-corrected chi connectivity index (χ0v) is 10.00. The Morgan fingerprint density at radius 2 is 2.22 bits per heavy atom. The van der Waals surface area contributed by atoms with Gasteiger partial charge in [0.15, 0.2) is 0 Å². The molecule has 3 aromatic heterocycles. The fourth-order valence-corrected chi connectivity index (χ4v) is 1.87. The second-order valence-corrected chi connectivity index (χ2v) is 3.92. The van der Waals surface area contributed by atoms with Crippen LogP contribution in [0.4, 0.5) is 5.82 Å². The van der Waals surface area contributed by atoms with Crippen LogP contribution in [-0.2, 0) is 13.0 Å². The van der Waals surface area contributed by atoms with Gasteiger partial charge in [0.25, 0.3) is 0 Å². The lowest BCUT2D eigenvalue weighted by Crippen LogP contribution is -2.06. The van der Waals surface area contributed by atoms with Gasteiger partial charge in [0.1, 0.15) is 17.8 Å². The van der Waals surface area contributed by atoms with Crippen LogP contribution in [0.5, 0.6) is 0 Å². The van der Waals surface area contributed by atoms with Gasteiger partial charge in [-0.1, -0.05) is 12.1 Å². The Labute approximate surface area is 104 Å². The summed E-state index contributed by atoms with van der Waals surface area (Å²) in [5.74, 6) is 1.61. The average Bonchev–Trinajstić information content (AvgIpc) is 3.04. The molecule has 0 aliphatic rings. The number of aryl methyl sites for hydroxylation is 1. The second-order valence-electron chi connectivity index (χ2n) is 3.92. The van der Waals surface area contributed by atoms with Crippen LogP contribution in [0.15, 0.2) is 35.4 Å². The molecule has 1 N–H and O–H groups in total. The van der Waals surface area contributed by atoms with Crippen LogP contribution >= 0.6 is 0 Å². The summed E-state index contributed by atoms with van der Waals surface area (Å²) < 4.78 is 6.87. The zero-order chi connectivity index (χ0) is 12.4. The van der Waals surface area contributed by atoms with Gasteiger partial charge in [-0.05, 0) is 12.5 Å². The summed E-state index contributed by atoms with van der Waals surface area (Å²) in [6, 6.07) is 1.90. The first-order valence-corrected chi connectivity index (χ1v) is 5.82. The third kappa shape index (κ3) is 1.81. The molecule has 3 aromatic rings. The van der Waals surface area contributed by atoms with Crippen LogP contribution in [0.2, 0.25) is 0 Å². The Bertz CT molecular complexity index is 657. The molecule has 3 rings (SSSR count). The van der Waals surface area contributed by atoms with Crippen molar-refractivity contribution in [3.63, 3.8) is 0 Å². The number of nitrogens with zero attached hydrogens (tertiary/aromatic N) is 4. The van der Waals surface area contributed by atoms with E-state index < -0.39 is 0 Å². The summed E-state index contributed by atoms with van der Waals surface area (Å²) in [6.45, 7) is 2.70. The largest absolute Gasteiger partial charge is 0.365 e. The van der Waals surface area contributed by atoms with Gasteiger partial charge < -0.3 is 9.84 Å². The maximum absolute atomic E-state index is 4.98. The summed E-state index contributed by atoms with van der Waals surface area (Å²) in [6.07, 6.45) is 7.93. The van der Waals surface area contributed by atoms with E-state index in [-0.39, 0.29) is 0 Å². The molecule has 18 heavy (non-hydrogen) atoms. The average molecular weight is 243 g/mol. The smallest absolute Gasteiger partial charge is 0.235 e. The number of aromatic nitrogens is 4. The molecule has 0 spiro atoms. The normalized spacial score (nSPS) is 10.9. The van der Waals surface area contributed by atoms with Gasteiger partial charge in [0.2, 0.25) is 5.78 Å². The van der Waals surface area contributed by atoms with Crippen molar-refractivity contribution >= 4 is 11.6 Å². The van der Waals surface area contributed by atoms with Gasteiger partial charge in [0, 0.05) is 24.2 Å². The molecule has 0 amide bonds. The lowest BCUT2D eigenvalue weighted by Gasteiger charge is -2.07. The van der Waals surface area contributed by atoms with Gasteiger partial charge >= 0.3 is 0 Å². The molecule has 0 radical (unpaired) electrons. The molecule has 6 nitrogen and oxygen atoms in total. The molecule has 0 fully saturated rings. The lowest BCUT2D eigenvalue weighted by atomic mass is 10.2. The maximum Gasteiger partial charge on any atom is 0.235 e. The Balaban J connectivity index is 1.83. The number of anilines is 1. The van der Waals surface area contributed by atoms with Crippen LogP contribution in [0.25, 0.3) is 5.78 Å². The van der Waals surface area contributed by atoms with Crippen molar-refractivity contribution in [1.29, 1.82) is 0 Å². The van der Waals surface area contributed by atoms with Gasteiger partial charge in [0.05, 0.1) is 6.54 Å². The number of nitrogens with one attached hydrogen (secondary N) is 1. The monoisotopic (exact) mass is 243 g/mol. The molecule has 0 saturated heterocycles. The van der Waals surface area contributed by atoms with E-state index in [2.05, 4.69) is 27.4 Å². The van der Waals surface area contributed by atoms with Crippen LogP contribution in [0.3, 0.4) is 0 Å². The highest BCUT2D eigenvalue weighted by molar-refractivity contribution is 5.44. The van der Waals surface area contributed by atoms with E-state index >= 15 is 0 Å². The molecule has 0 saturated carbocycles. The molecule has 0 unspecified atom stereocenters. The molecule has 0 aliphatic carbocycles. The van der Waals surface area contributed by atoms with Crippen molar-refractivity contribution in [3.8, 4) is 0 Å². The Hall–Kier alpha value is -2.37. The van der Waals surface area contributed by atoms with E-state index in [1.807, 2.05) is 16.7 Å². The molecular weight excluding hydrogens is 230 g/mol. The number of fused-ring (bicyclic) bond motifs is 1. The van der Waals surface area contributed by atoms with Crippen molar-refractivity contribution in [2.75, 3.05) is 5.32 Å². The third-order valence-corrected chi connectivity index (χ3v) is 2.85. The van der Waals surface area contributed by atoms with E-state index in [0.29, 0.717) is 12.3 Å².